The first-order chi connectivity index (χ1) is 6.59. The molecule has 84 valence electrons. The van der Waals surface area contributed by atoms with Gasteiger partial charge in [-0.3, -0.25) is 4.90 Å². The Bertz CT molecular complexity index is 159. The zero-order valence-corrected chi connectivity index (χ0v) is 9.74. The standard InChI is InChI=1S/C11H24N2O/c1-10(14)9-11-5-4-6-13(11)8-7-12(2)3/h10-11,14H,4-9H2,1-3H3. The van der Waals surface area contributed by atoms with Crippen LogP contribution in [0.2, 0.25) is 0 Å². The molecule has 3 nitrogen and oxygen atoms in total. The largest absolute Gasteiger partial charge is 0.393 e. The van der Waals surface area contributed by atoms with Gasteiger partial charge >= 0.3 is 0 Å². The van der Waals surface area contributed by atoms with E-state index in [0.717, 1.165) is 19.5 Å². The number of aliphatic hydroxyl groups is 1. The lowest BCUT2D eigenvalue weighted by atomic mass is 10.1. The predicted octanol–water partition coefficient (Wildman–Crippen LogP) is 0.783. The van der Waals surface area contributed by atoms with Gasteiger partial charge in [-0.25, -0.2) is 0 Å². The third kappa shape index (κ3) is 3.95. The average Bonchev–Trinajstić information content (AvgIpc) is 2.47. The van der Waals surface area contributed by atoms with E-state index in [1.807, 2.05) is 6.92 Å². The van der Waals surface area contributed by atoms with Crippen LogP contribution in [-0.2, 0) is 0 Å². The summed E-state index contributed by atoms with van der Waals surface area (Å²) in [4.78, 5) is 4.74. The van der Waals surface area contributed by atoms with E-state index < -0.39 is 0 Å². The minimum Gasteiger partial charge on any atom is -0.393 e. The third-order valence-electron chi connectivity index (χ3n) is 2.95. The summed E-state index contributed by atoms with van der Waals surface area (Å²) in [5.41, 5.74) is 0. The molecule has 2 atom stereocenters. The number of hydrogen-bond donors (Lipinski definition) is 1. The molecule has 3 heteroatoms. The second-order valence-electron chi connectivity index (χ2n) is 4.72. The molecule has 1 rings (SSSR count). The van der Waals surface area contributed by atoms with Gasteiger partial charge in [0.2, 0.25) is 0 Å². The molecule has 1 aliphatic rings. The molecule has 2 unspecified atom stereocenters. The molecular formula is C11H24N2O. The minimum atomic E-state index is -0.153. The molecular weight excluding hydrogens is 176 g/mol. The lowest BCUT2D eigenvalue weighted by Crippen LogP contribution is -2.36. The number of aliphatic hydroxyl groups excluding tert-OH is 1. The van der Waals surface area contributed by atoms with Crippen molar-refractivity contribution in [3.8, 4) is 0 Å². The fraction of sp³-hybridized carbons (Fsp3) is 1.00. The average molecular weight is 200 g/mol. The van der Waals surface area contributed by atoms with Crippen LogP contribution in [0.15, 0.2) is 0 Å². The zero-order chi connectivity index (χ0) is 10.6. The fourth-order valence-electron chi connectivity index (χ4n) is 2.18. The molecule has 14 heavy (non-hydrogen) atoms. The highest BCUT2D eigenvalue weighted by atomic mass is 16.3. The topological polar surface area (TPSA) is 26.7 Å². The first-order valence-corrected chi connectivity index (χ1v) is 5.66. The predicted molar refractivity (Wildman–Crippen MR) is 59.4 cm³/mol. The van der Waals surface area contributed by atoms with Crippen LogP contribution in [0.25, 0.3) is 0 Å². The number of nitrogens with zero attached hydrogens (tertiary/aromatic N) is 2. The summed E-state index contributed by atoms with van der Waals surface area (Å²) in [6.07, 6.45) is 3.34. The van der Waals surface area contributed by atoms with Crippen LogP contribution in [0.1, 0.15) is 26.2 Å². The van der Waals surface area contributed by atoms with Crippen molar-refractivity contribution in [3.63, 3.8) is 0 Å². The van der Waals surface area contributed by atoms with Gasteiger partial charge in [0.1, 0.15) is 0 Å². The van der Waals surface area contributed by atoms with E-state index in [9.17, 15) is 5.11 Å². The SMILES string of the molecule is CC(O)CC1CCCN1CCN(C)C. The van der Waals surface area contributed by atoms with E-state index in [4.69, 9.17) is 0 Å². The summed E-state index contributed by atoms with van der Waals surface area (Å²) in [5, 5.41) is 9.37. The van der Waals surface area contributed by atoms with Gasteiger partial charge in [-0.15, -0.1) is 0 Å². The molecule has 0 aromatic rings. The van der Waals surface area contributed by atoms with Crippen molar-refractivity contribution >= 4 is 0 Å². The van der Waals surface area contributed by atoms with Crippen LogP contribution < -0.4 is 0 Å². The van der Waals surface area contributed by atoms with Crippen molar-refractivity contribution < 1.29 is 5.11 Å². The number of likely N-dealkylation sites (N-methyl/N-ethyl adjacent to an activating group) is 1. The second kappa shape index (κ2) is 5.69. The summed E-state index contributed by atoms with van der Waals surface area (Å²) >= 11 is 0. The molecule has 1 fully saturated rings. The molecule has 0 bridgehead atoms. The normalized spacial score (nSPS) is 25.9. The Morgan fingerprint density at radius 2 is 2.21 bits per heavy atom. The van der Waals surface area contributed by atoms with E-state index in [-0.39, 0.29) is 6.10 Å². The molecule has 1 N–H and O–H groups in total. The summed E-state index contributed by atoms with van der Waals surface area (Å²) < 4.78 is 0. The Morgan fingerprint density at radius 3 is 2.79 bits per heavy atom. The molecule has 0 aliphatic carbocycles. The summed E-state index contributed by atoms with van der Waals surface area (Å²) in [7, 11) is 4.22. The number of rotatable bonds is 5. The lowest BCUT2D eigenvalue weighted by Gasteiger charge is -2.26. The highest BCUT2D eigenvalue weighted by Crippen LogP contribution is 2.20. The van der Waals surface area contributed by atoms with Crippen LogP contribution in [-0.4, -0.2) is 60.8 Å². The Morgan fingerprint density at radius 1 is 1.50 bits per heavy atom. The number of likely N-dealkylation sites (tertiary alicyclic amines) is 1. The van der Waals surface area contributed by atoms with E-state index >= 15 is 0 Å². The van der Waals surface area contributed by atoms with Gasteiger partial charge < -0.3 is 10.0 Å². The Labute approximate surface area is 87.7 Å². The highest BCUT2D eigenvalue weighted by molar-refractivity contribution is 4.80. The highest BCUT2D eigenvalue weighted by Gasteiger charge is 2.24. The second-order valence-corrected chi connectivity index (χ2v) is 4.72. The maximum Gasteiger partial charge on any atom is 0.0527 e. The zero-order valence-electron chi connectivity index (χ0n) is 9.74. The van der Waals surface area contributed by atoms with Crippen LogP contribution in [0.5, 0.6) is 0 Å². The van der Waals surface area contributed by atoms with E-state index in [0.29, 0.717) is 6.04 Å². The van der Waals surface area contributed by atoms with E-state index in [1.54, 1.807) is 0 Å². The molecule has 0 spiro atoms. The molecule has 0 aromatic heterocycles. The van der Waals surface area contributed by atoms with E-state index in [2.05, 4.69) is 23.9 Å². The van der Waals surface area contributed by atoms with Gasteiger partial charge in [-0.1, -0.05) is 0 Å². The molecule has 1 saturated heterocycles. The third-order valence-corrected chi connectivity index (χ3v) is 2.95. The summed E-state index contributed by atoms with van der Waals surface area (Å²) in [6.45, 7) is 5.37. The monoisotopic (exact) mass is 200 g/mol. The van der Waals surface area contributed by atoms with Crippen molar-refractivity contribution in [1.29, 1.82) is 0 Å². The number of hydrogen-bond acceptors (Lipinski definition) is 3. The van der Waals surface area contributed by atoms with E-state index in [1.165, 1.54) is 19.4 Å². The van der Waals surface area contributed by atoms with Gasteiger partial charge in [0.05, 0.1) is 6.10 Å². The maximum absolute atomic E-state index is 9.37. The van der Waals surface area contributed by atoms with Crippen LogP contribution in [0, 0.1) is 0 Å². The molecule has 0 saturated carbocycles. The van der Waals surface area contributed by atoms with Crippen LogP contribution in [0.4, 0.5) is 0 Å². The molecule has 0 aromatic carbocycles. The van der Waals surface area contributed by atoms with Crippen molar-refractivity contribution in [2.45, 2.75) is 38.3 Å². The molecule has 0 amide bonds. The molecule has 0 radical (unpaired) electrons. The van der Waals surface area contributed by atoms with Crippen molar-refractivity contribution in [3.05, 3.63) is 0 Å². The smallest absolute Gasteiger partial charge is 0.0527 e. The van der Waals surface area contributed by atoms with Gasteiger partial charge in [0.15, 0.2) is 0 Å². The lowest BCUT2D eigenvalue weighted by molar-refractivity contribution is 0.129. The van der Waals surface area contributed by atoms with Gasteiger partial charge in [0, 0.05) is 19.1 Å². The van der Waals surface area contributed by atoms with Crippen molar-refractivity contribution in [2.24, 2.45) is 0 Å². The van der Waals surface area contributed by atoms with Crippen molar-refractivity contribution in [2.75, 3.05) is 33.7 Å². The van der Waals surface area contributed by atoms with Gasteiger partial charge in [0.25, 0.3) is 0 Å². The first-order valence-electron chi connectivity index (χ1n) is 5.66. The molecule has 1 heterocycles. The Hall–Kier alpha value is -0.120. The van der Waals surface area contributed by atoms with Crippen LogP contribution in [0.3, 0.4) is 0 Å². The molecule has 1 aliphatic heterocycles. The van der Waals surface area contributed by atoms with Crippen molar-refractivity contribution in [1.82, 2.24) is 9.80 Å². The maximum atomic E-state index is 9.37. The fourth-order valence-corrected chi connectivity index (χ4v) is 2.18. The first kappa shape index (κ1) is 12.0. The Kier molecular flexibility index (Phi) is 4.85. The Balaban J connectivity index is 2.28. The van der Waals surface area contributed by atoms with Gasteiger partial charge in [-0.05, 0) is 46.8 Å². The quantitative estimate of drug-likeness (QED) is 0.710. The summed E-state index contributed by atoms with van der Waals surface area (Å²) in [5.74, 6) is 0. The minimum absolute atomic E-state index is 0.153. The van der Waals surface area contributed by atoms with Gasteiger partial charge in [-0.2, -0.15) is 0 Å². The summed E-state index contributed by atoms with van der Waals surface area (Å²) in [6, 6.07) is 0.620. The van der Waals surface area contributed by atoms with Crippen LogP contribution >= 0.6 is 0 Å².